The maximum atomic E-state index is 5.50. The van der Waals surface area contributed by atoms with Crippen molar-refractivity contribution in [3.63, 3.8) is 0 Å². The molecule has 126 valence electrons. The van der Waals surface area contributed by atoms with Gasteiger partial charge in [0, 0.05) is 53.6 Å². The normalized spacial score (nSPS) is 12.0. The number of unbranched alkanes of at least 4 members (excludes halogenated alkanes) is 1. The molecule has 0 aromatic carbocycles. The molecule has 0 aromatic rings. The predicted octanol–water partition coefficient (Wildman–Crippen LogP) is 0.936. The lowest BCUT2D eigenvalue weighted by molar-refractivity contribution is 0.136. The summed E-state index contributed by atoms with van der Waals surface area (Å²) in [5.41, 5.74) is 0. The average Bonchev–Trinajstić information content (AvgIpc) is 2.49. The maximum Gasteiger partial charge on any atom is 0.191 e. The molecule has 0 rings (SSSR count). The van der Waals surface area contributed by atoms with Gasteiger partial charge in [0.25, 0.3) is 0 Å². The van der Waals surface area contributed by atoms with Gasteiger partial charge in [0.15, 0.2) is 5.96 Å². The highest BCUT2D eigenvalue weighted by Gasteiger charge is 2.00. The van der Waals surface area contributed by atoms with Crippen LogP contribution in [0.4, 0.5) is 0 Å². The summed E-state index contributed by atoms with van der Waals surface area (Å²) in [5, 5.41) is 6.55. The van der Waals surface area contributed by atoms with E-state index in [1.165, 1.54) is 6.42 Å². The van der Waals surface area contributed by atoms with Gasteiger partial charge in [-0.25, -0.2) is 0 Å². The lowest BCUT2D eigenvalue weighted by Crippen LogP contribution is -2.42. The van der Waals surface area contributed by atoms with E-state index >= 15 is 0 Å². The molecule has 0 amide bonds. The van der Waals surface area contributed by atoms with Crippen LogP contribution in [0.15, 0.2) is 4.99 Å². The molecule has 21 heavy (non-hydrogen) atoms. The van der Waals surface area contributed by atoms with Crippen molar-refractivity contribution in [1.29, 1.82) is 0 Å². The summed E-state index contributed by atoms with van der Waals surface area (Å²) in [5.74, 6) is 0.833. The van der Waals surface area contributed by atoms with E-state index in [2.05, 4.69) is 34.5 Å². The van der Waals surface area contributed by atoms with Gasteiger partial charge in [0.05, 0.1) is 6.61 Å². The first-order valence-electron chi connectivity index (χ1n) is 7.94. The average molecular weight is 302 g/mol. The number of guanidine groups is 1. The van der Waals surface area contributed by atoms with Gasteiger partial charge in [-0.1, -0.05) is 13.3 Å². The van der Waals surface area contributed by atoms with E-state index in [1.807, 2.05) is 0 Å². The maximum absolute atomic E-state index is 5.50. The second-order valence-electron chi connectivity index (χ2n) is 5.04. The summed E-state index contributed by atoms with van der Waals surface area (Å²) in [7, 11) is 5.65. The summed E-state index contributed by atoms with van der Waals surface area (Å²) in [4.78, 5) is 6.48. The fraction of sp³-hybridized carbons (Fsp3) is 0.933. The predicted molar refractivity (Wildman–Crippen MR) is 89.1 cm³/mol. The molecule has 0 radical (unpaired) electrons. The monoisotopic (exact) mass is 302 g/mol. The third-order valence-corrected chi connectivity index (χ3v) is 3.08. The minimum atomic E-state index is 0.720. The minimum Gasteiger partial charge on any atom is -0.385 e. The summed E-state index contributed by atoms with van der Waals surface area (Å²) in [6, 6.07) is 0. The lowest BCUT2D eigenvalue weighted by Gasteiger charge is -2.18. The summed E-state index contributed by atoms with van der Waals surface area (Å²) in [6.45, 7) is 8.24. The van der Waals surface area contributed by atoms with Crippen LogP contribution < -0.4 is 10.6 Å². The van der Waals surface area contributed by atoms with Crippen LogP contribution in [0, 0.1) is 0 Å². The highest BCUT2D eigenvalue weighted by atomic mass is 16.5. The van der Waals surface area contributed by atoms with Gasteiger partial charge in [0.1, 0.15) is 0 Å². The second-order valence-corrected chi connectivity index (χ2v) is 5.04. The highest BCUT2D eigenvalue weighted by molar-refractivity contribution is 5.79. The molecule has 0 spiro atoms. The van der Waals surface area contributed by atoms with E-state index < -0.39 is 0 Å². The molecule has 6 nitrogen and oxygen atoms in total. The molecule has 0 aliphatic heterocycles. The molecule has 0 saturated heterocycles. The third-order valence-electron chi connectivity index (χ3n) is 3.08. The van der Waals surface area contributed by atoms with Crippen LogP contribution in [-0.4, -0.2) is 78.1 Å². The number of methoxy groups -OCH3 is 1. The Balaban J connectivity index is 3.53. The van der Waals surface area contributed by atoms with Crippen LogP contribution in [-0.2, 0) is 9.47 Å². The van der Waals surface area contributed by atoms with Crippen molar-refractivity contribution in [1.82, 2.24) is 15.5 Å². The van der Waals surface area contributed by atoms with Crippen molar-refractivity contribution in [3.05, 3.63) is 0 Å². The van der Waals surface area contributed by atoms with E-state index in [0.717, 1.165) is 64.8 Å². The van der Waals surface area contributed by atoms with Gasteiger partial charge < -0.3 is 25.0 Å². The van der Waals surface area contributed by atoms with Crippen molar-refractivity contribution in [2.24, 2.45) is 4.99 Å². The number of hydrogen-bond acceptors (Lipinski definition) is 4. The molecule has 0 aliphatic carbocycles. The van der Waals surface area contributed by atoms with Crippen molar-refractivity contribution in [2.45, 2.75) is 26.2 Å². The third kappa shape index (κ3) is 13.9. The largest absolute Gasteiger partial charge is 0.385 e. The van der Waals surface area contributed by atoms with E-state index in [0.29, 0.717) is 0 Å². The van der Waals surface area contributed by atoms with Gasteiger partial charge in [-0.3, -0.25) is 4.99 Å². The molecular formula is C15H34N4O2. The van der Waals surface area contributed by atoms with Gasteiger partial charge in [-0.2, -0.15) is 0 Å². The molecule has 0 unspecified atom stereocenters. The molecule has 6 heteroatoms. The number of ether oxygens (including phenoxy) is 2. The fourth-order valence-electron chi connectivity index (χ4n) is 1.77. The zero-order chi connectivity index (χ0) is 15.8. The summed E-state index contributed by atoms with van der Waals surface area (Å²) in [6.07, 6.45) is 3.37. The standard InChI is InChI=1S/C15H34N4O2/c1-5-6-13-21-14-9-18-15(16-2)17-8-11-19(3)10-7-12-20-4/h5-14H2,1-4H3,(H2,16,17,18). The molecule has 0 saturated carbocycles. The quantitative estimate of drug-likeness (QED) is 0.301. The zero-order valence-corrected chi connectivity index (χ0v) is 14.3. The molecule has 0 heterocycles. The number of rotatable bonds is 13. The van der Waals surface area contributed by atoms with Gasteiger partial charge in [0.2, 0.25) is 0 Å². The Kier molecular flexibility index (Phi) is 14.9. The second kappa shape index (κ2) is 15.5. The van der Waals surface area contributed by atoms with Crippen LogP contribution in [0.2, 0.25) is 0 Å². The number of nitrogens with zero attached hydrogens (tertiary/aromatic N) is 2. The Hall–Kier alpha value is -0.850. The molecule has 0 aromatic heterocycles. The van der Waals surface area contributed by atoms with Crippen molar-refractivity contribution in [3.8, 4) is 0 Å². The number of aliphatic imine (C=N–C) groups is 1. The highest BCUT2D eigenvalue weighted by Crippen LogP contribution is 1.87. The molecule has 0 fully saturated rings. The van der Waals surface area contributed by atoms with Gasteiger partial charge in [-0.15, -0.1) is 0 Å². The molecule has 0 aliphatic rings. The first kappa shape index (κ1) is 20.1. The van der Waals surface area contributed by atoms with Crippen LogP contribution in [0.25, 0.3) is 0 Å². The number of likely N-dealkylation sites (N-methyl/N-ethyl adjacent to an activating group) is 1. The summed E-state index contributed by atoms with van der Waals surface area (Å²) < 4.78 is 10.5. The van der Waals surface area contributed by atoms with E-state index in [-0.39, 0.29) is 0 Å². The topological polar surface area (TPSA) is 58.1 Å². The van der Waals surface area contributed by atoms with Gasteiger partial charge in [-0.05, 0) is 19.9 Å². The van der Waals surface area contributed by atoms with Crippen LogP contribution >= 0.6 is 0 Å². The fourth-order valence-corrected chi connectivity index (χ4v) is 1.77. The van der Waals surface area contributed by atoms with E-state index in [1.54, 1.807) is 14.2 Å². The Morgan fingerprint density at radius 2 is 1.81 bits per heavy atom. The van der Waals surface area contributed by atoms with Gasteiger partial charge >= 0.3 is 0 Å². The van der Waals surface area contributed by atoms with Crippen LogP contribution in [0.1, 0.15) is 26.2 Å². The van der Waals surface area contributed by atoms with Crippen molar-refractivity contribution in [2.75, 3.05) is 67.2 Å². The van der Waals surface area contributed by atoms with Crippen molar-refractivity contribution < 1.29 is 9.47 Å². The summed E-state index contributed by atoms with van der Waals surface area (Å²) >= 11 is 0. The number of hydrogen-bond donors (Lipinski definition) is 2. The first-order chi connectivity index (χ1) is 10.2. The SMILES string of the molecule is CCCCOCCNC(=NC)NCCN(C)CCCOC. The smallest absolute Gasteiger partial charge is 0.191 e. The molecule has 0 atom stereocenters. The van der Waals surface area contributed by atoms with E-state index in [9.17, 15) is 0 Å². The Bertz CT molecular complexity index is 250. The number of nitrogens with one attached hydrogen (secondary N) is 2. The van der Waals surface area contributed by atoms with Crippen molar-refractivity contribution >= 4 is 5.96 Å². The Morgan fingerprint density at radius 1 is 1.05 bits per heavy atom. The Labute approximate surface area is 130 Å². The van der Waals surface area contributed by atoms with Crippen LogP contribution in [0.3, 0.4) is 0 Å². The van der Waals surface area contributed by atoms with Crippen LogP contribution in [0.5, 0.6) is 0 Å². The first-order valence-corrected chi connectivity index (χ1v) is 7.94. The molecule has 0 bridgehead atoms. The lowest BCUT2D eigenvalue weighted by atomic mass is 10.4. The minimum absolute atomic E-state index is 0.720. The molecule has 2 N–H and O–H groups in total. The zero-order valence-electron chi connectivity index (χ0n) is 14.3. The Morgan fingerprint density at radius 3 is 2.48 bits per heavy atom. The molecular weight excluding hydrogens is 268 g/mol. The van der Waals surface area contributed by atoms with E-state index in [4.69, 9.17) is 9.47 Å².